The second-order valence-corrected chi connectivity index (χ2v) is 8.27. The molecule has 3 N–H and O–H groups in total. The Morgan fingerprint density at radius 2 is 2.04 bits per heavy atom. The number of rotatable bonds is 12. The largest absolute Gasteiger partial charge is 0.383 e. The molecule has 1 aromatic rings. The van der Waals surface area contributed by atoms with Gasteiger partial charge in [0.15, 0.2) is 5.96 Å². The first-order valence-electron chi connectivity index (χ1n) is 9.47. The molecule has 1 unspecified atom stereocenters. The number of nitrogens with zero attached hydrogens (tertiary/aromatic N) is 1. The molecular formula is C19H35IN4O3S. The molecule has 0 aliphatic heterocycles. The number of hydrogen-bond acceptors (Lipinski definition) is 4. The molecule has 9 heteroatoms. The van der Waals surface area contributed by atoms with Crippen molar-refractivity contribution in [2.75, 3.05) is 27.3 Å². The molecule has 0 saturated carbocycles. The Morgan fingerprint density at radius 1 is 1.29 bits per heavy atom. The van der Waals surface area contributed by atoms with Crippen LogP contribution in [0, 0.1) is 0 Å². The zero-order chi connectivity index (χ0) is 20.1. The number of hydrogen-bond donors (Lipinski definition) is 3. The third kappa shape index (κ3) is 10.6. The second kappa shape index (κ2) is 15.0. The van der Waals surface area contributed by atoms with Crippen LogP contribution in [0.3, 0.4) is 0 Å². The summed E-state index contributed by atoms with van der Waals surface area (Å²) in [7, 11) is -0.270. The normalized spacial score (nSPS) is 12.9. The summed E-state index contributed by atoms with van der Waals surface area (Å²) in [6.07, 6.45) is 4.73. The van der Waals surface area contributed by atoms with E-state index in [0.717, 1.165) is 12.0 Å². The Balaban J connectivity index is 0.00000729. The van der Waals surface area contributed by atoms with Gasteiger partial charge in [0.1, 0.15) is 0 Å². The molecule has 0 aliphatic rings. The molecule has 0 amide bonds. The van der Waals surface area contributed by atoms with Gasteiger partial charge in [-0.25, -0.2) is 13.1 Å². The predicted molar refractivity (Wildman–Crippen MR) is 126 cm³/mol. The maximum atomic E-state index is 12.3. The van der Waals surface area contributed by atoms with E-state index in [1.54, 1.807) is 25.2 Å². The SMILES string of the molecule is CCCCCC(C)NC(=NC)NCc1cccc(S(=O)(=O)NCCOC)c1.I. The Morgan fingerprint density at radius 3 is 2.68 bits per heavy atom. The minimum atomic E-state index is -3.53. The number of unbranched alkanes of at least 4 members (excludes halogenated alkanes) is 2. The van der Waals surface area contributed by atoms with Crippen molar-refractivity contribution in [1.29, 1.82) is 0 Å². The van der Waals surface area contributed by atoms with E-state index in [9.17, 15) is 8.42 Å². The lowest BCUT2D eigenvalue weighted by Crippen LogP contribution is -2.41. The van der Waals surface area contributed by atoms with E-state index in [-0.39, 0.29) is 35.4 Å². The first-order chi connectivity index (χ1) is 12.9. The zero-order valence-corrected chi connectivity index (χ0v) is 20.5. The highest BCUT2D eigenvalue weighted by atomic mass is 127. The number of benzene rings is 1. The molecule has 162 valence electrons. The van der Waals surface area contributed by atoms with Gasteiger partial charge < -0.3 is 15.4 Å². The molecule has 28 heavy (non-hydrogen) atoms. The lowest BCUT2D eigenvalue weighted by Gasteiger charge is -2.18. The summed E-state index contributed by atoms with van der Waals surface area (Å²) >= 11 is 0. The number of aliphatic imine (C=N–C) groups is 1. The fourth-order valence-corrected chi connectivity index (χ4v) is 3.65. The van der Waals surface area contributed by atoms with Gasteiger partial charge in [-0.3, -0.25) is 4.99 Å². The van der Waals surface area contributed by atoms with E-state index in [2.05, 4.69) is 34.2 Å². The lowest BCUT2D eigenvalue weighted by atomic mass is 10.1. The monoisotopic (exact) mass is 526 g/mol. The quantitative estimate of drug-likeness (QED) is 0.169. The number of halogens is 1. The third-order valence-corrected chi connectivity index (χ3v) is 5.57. The first kappa shape index (κ1) is 27.1. The summed E-state index contributed by atoms with van der Waals surface area (Å²) in [6, 6.07) is 7.21. The average molecular weight is 526 g/mol. The Kier molecular flexibility index (Phi) is 14.5. The highest BCUT2D eigenvalue weighted by Crippen LogP contribution is 2.11. The van der Waals surface area contributed by atoms with E-state index in [1.807, 2.05) is 6.07 Å². The van der Waals surface area contributed by atoms with Crippen LogP contribution in [-0.2, 0) is 21.3 Å². The highest BCUT2D eigenvalue weighted by Gasteiger charge is 2.14. The van der Waals surface area contributed by atoms with Crippen LogP contribution < -0.4 is 15.4 Å². The highest BCUT2D eigenvalue weighted by molar-refractivity contribution is 14.0. The molecular weight excluding hydrogens is 491 g/mol. The number of nitrogens with one attached hydrogen (secondary N) is 3. The summed E-state index contributed by atoms with van der Waals surface area (Å²) in [5.41, 5.74) is 0.867. The summed E-state index contributed by atoms with van der Waals surface area (Å²) in [6.45, 7) is 5.40. The van der Waals surface area contributed by atoms with Gasteiger partial charge in [0.2, 0.25) is 10.0 Å². The van der Waals surface area contributed by atoms with E-state index < -0.39 is 10.0 Å². The Bertz CT molecular complexity index is 684. The van der Waals surface area contributed by atoms with Gasteiger partial charge in [0.05, 0.1) is 11.5 Å². The molecule has 0 spiro atoms. The van der Waals surface area contributed by atoms with Crippen molar-refractivity contribution in [2.45, 2.75) is 57.0 Å². The molecule has 0 radical (unpaired) electrons. The average Bonchev–Trinajstić information content (AvgIpc) is 2.65. The van der Waals surface area contributed by atoms with Crippen LogP contribution in [0.5, 0.6) is 0 Å². The van der Waals surface area contributed by atoms with Gasteiger partial charge in [-0.15, -0.1) is 24.0 Å². The minimum absolute atomic E-state index is 0. The van der Waals surface area contributed by atoms with Gasteiger partial charge in [-0.05, 0) is 31.0 Å². The first-order valence-corrected chi connectivity index (χ1v) is 11.0. The van der Waals surface area contributed by atoms with Crippen LogP contribution in [0.2, 0.25) is 0 Å². The third-order valence-electron chi connectivity index (χ3n) is 4.11. The second-order valence-electron chi connectivity index (χ2n) is 6.50. The van der Waals surface area contributed by atoms with Crippen molar-refractivity contribution in [3.8, 4) is 0 Å². The molecule has 1 aromatic carbocycles. The lowest BCUT2D eigenvalue weighted by molar-refractivity contribution is 0.204. The summed E-state index contributed by atoms with van der Waals surface area (Å²) < 4.78 is 32.0. The van der Waals surface area contributed by atoms with Gasteiger partial charge >= 0.3 is 0 Å². The van der Waals surface area contributed by atoms with E-state index >= 15 is 0 Å². The van der Waals surface area contributed by atoms with Crippen LogP contribution in [-0.4, -0.2) is 47.7 Å². The zero-order valence-electron chi connectivity index (χ0n) is 17.3. The molecule has 0 fully saturated rings. The fraction of sp³-hybridized carbons (Fsp3) is 0.632. The number of ether oxygens (including phenoxy) is 1. The topological polar surface area (TPSA) is 91.8 Å². The Labute approximate surface area is 187 Å². The van der Waals surface area contributed by atoms with Crippen LogP contribution >= 0.6 is 24.0 Å². The summed E-state index contributed by atoms with van der Waals surface area (Å²) in [5.74, 6) is 0.713. The molecule has 0 bridgehead atoms. The predicted octanol–water partition coefficient (Wildman–Crippen LogP) is 2.86. The van der Waals surface area contributed by atoms with Gasteiger partial charge in [0, 0.05) is 33.3 Å². The van der Waals surface area contributed by atoms with Crippen molar-refractivity contribution in [3.63, 3.8) is 0 Å². The summed E-state index contributed by atoms with van der Waals surface area (Å²) in [4.78, 5) is 4.49. The molecule has 0 aromatic heterocycles. The maximum Gasteiger partial charge on any atom is 0.240 e. The van der Waals surface area contributed by atoms with E-state index in [1.165, 1.54) is 26.4 Å². The van der Waals surface area contributed by atoms with E-state index in [4.69, 9.17) is 4.74 Å². The van der Waals surface area contributed by atoms with E-state index in [0.29, 0.717) is 25.2 Å². The molecule has 1 atom stereocenters. The Hall–Kier alpha value is -0.910. The van der Waals surface area contributed by atoms with Gasteiger partial charge in [0.25, 0.3) is 0 Å². The van der Waals surface area contributed by atoms with Crippen molar-refractivity contribution >= 4 is 40.0 Å². The number of methoxy groups -OCH3 is 1. The molecule has 1 rings (SSSR count). The van der Waals surface area contributed by atoms with Crippen LogP contribution in [0.15, 0.2) is 34.2 Å². The molecule has 0 heterocycles. The van der Waals surface area contributed by atoms with Crippen LogP contribution in [0.1, 0.15) is 45.1 Å². The van der Waals surface area contributed by atoms with Crippen molar-refractivity contribution in [1.82, 2.24) is 15.4 Å². The van der Waals surface area contributed by atoms with Gasteiger partial charge in [-0.2, -0.15) is 0 Å². The van der Waals surface area contributed by atoms with Crippen LogP contribution in [0.4, 0.5) is 0 Å². The fourth-order valence-electron chi connectivity index (χ4n) is 2.57. The van der Waals surface area contributed by atoms with Gasteiger partial charge in [-0.1, -0.05) is 38.3 Å². The standard InChI is InChI=1S/C19H34N4O3S.HI/c1-5-6-7-9-16(2)23-19(20-3)21-15-17-10-8-11-18(14-17)27(24,25)22-12-13-26-4;/h8,10-11,14,16,22H,5-7,9,12-13,15H2,1-4H3,(H2,20,21,23);1H. The molecule has 0 aliphatic carbocycles. The van der Waals surface area contributed by atoms with Crippen molar-refractivity contribution < 1.29 is 13.2 Å². The van der Waals surface area contributed by atoms with Crippen LogP contribution in [0.25, 0.3) is 0 Å². The van der Waals surface area contributed by atoms with Crippen molar-refractivity contribution in [3.05, 3.63) is 29.8 Å². The summed E-state index contributed by atoms with van der Waals surface area (Å²) in [5, 5.41) is 6.61. The molecule has 7 nitrogen and oxygen atoms in total. The smallest absolute Gasteiger partial charge is 0.240 e. The molecule has 0 saturated heterocycles. The number of guanidine groups is 1. The minimum Gasteiger partial charge on any atom is -0.383 e. The van der Waals surface area contributed by atoms with Crippen molar-refractivity contribution in [2.24, 2.45) is 4.99 Å². The maximum absolute atomic E-state index is 12.3. The number of sulfonamides is 1.